The van der Waals surface area contributed by atoms with Gasteiger partial charge in [0.1, 0.15) is 0 Å². The summed E-state index contributed by atoms with van der Waals surface area (Å²) in [4.78, 5) is 30.0. The summed E-state index contributed by atoms with van der Waals surface area (Å²) in [5, 5.41) is 3.03. The van der Waals surface area contributed by atoms with E-state index < -0.39 is 12.0 Å². The third-order valence-electron chi connectivity index (χ3n) is 5.90. The topological polar surface area (TPSA) is 61.9 Å². The molecule has 3 rings (SSSR count). The maximum Gasteiger partial charge on any atom is 0.338 e. The van der Waals surface area contributed by atoms with Crippen molar-refractivity contribution in [2.24, 2.45) is 0 Å². The highest BCUT2D eigenvalue weighted by molar-refractivity contribution is 5.95. The molecule has 6 nitrogen and oxygen atoms in total. The van der Waals surface area contributed by atoms with E-state index in [0.29, 0.717) is 36.8 Å². The van der Waals surface area contributed by atoms with Gasteiger partial charge in [-0.25, -0.2) is 9.59 Å². The van der Waals surface area contributed by atoms with E-state index in [9.17, 15) is 9.59 Å². The Kier molecular flexibility index (Phi) is 8.28. The van der Waals surface area contributed by atoms with E-state index in [1.807, 2.05) is 44.3 Å². The van der Waals surface area contributed by atoms with E-state index in [2.05, 4.69) is 48.3 Å². The highest BCUT2D eigenvalue weighted by atomic mass is 16.5. The van der Waals surface area contributed by atoms with Crippen molar-refractivity contribution in [2.45, 2.75) is 46.2 Å². The Labute approximate surface area is 197 Å². The fraction of sp³-hybridized carbons (Fsp3) is 0.407. The Morgan fingerprint density at radius 1 is 1.06 bits per heavy atom. The molecule has 0 fully saturated rings. The van der Waals surface area contributed by atoms with Crippen LogP contribution >= 0.6 is 0 Å². The Morgan fingerprint density at radius 3 is 2.30 bits per heavy atom. The van der Waals surface area contributed by atoms with Crippen molar-refractivity contribution in [2.75, 3.05) is 26.7 Å². The summed E-state index contributed by atoms with van der Waals surface area (Å²) in [5.74, 6) is 0.00911. The van der Waals surface area contributed by atoms with Gasteiger partial charge in [-0.15, -0.1) is 0 Å². The summed E-state index contributed by atoms with van der Waals surface area (Å²) in [6.45, 7) is 9.87. The number of likely N-dealkylation sites (N-methyl/N-ethyl adjacent to an activating group) is 2. The molecule has 1 aliphatic heterocycles. The van der Waals surface area contributed by atoms with Crippen molar-refractivity contribution in [3.05, 3.63) is 82.6 Å². The number of benzene rings is 2. The van der Waals surface area contributed by atoms with Crippen LogP contribution in [0.5, 0.6) is 0 Å². The second-order valence-corrected chi connectivity index (χ2v) is 8.69. The summed E-state index contributed by atoms with van der Waals surface area (Å²) in [6.07, 6.45) is 0. The molecule has 0 aliphatic carbocycles. The maximum absolute atomic E-state index is 13.2. The molecular formula is C27H35N3O3. The first-order valence-corrected chi connectivity index (χ1v) is 11.7. The molecule has 2 aromatic rings. The minimum Gasteiger partial charge on any atom is -0.463 e. The highest BCUT2D eigenvalue weighted by Gasteiger charge is 2.38. The van der Waals surface area contributed by atoms with Gasteiger partial charge in [0.2, 0.25) is 0 Å². The van der Waals surface area contributed by atoms with Gasteiger partial charge in [0.25, 0.3) is 0 Å². The molecule has 0 saturated carbocycles. The number of hydrogen-bond donors (Lipinski definition) is 1. The number of amides is 2. The number of urea groups is 1. The van der Waals surface area contributed by atoms with Crippen molar-refractivity contribution >= 4 is 12.0 Å². The van der Waals surface area contributed by atoms with Crippen molar-refractivity contribution in [1.82, 2.24) is 15.1 Å². The van der Waals surface area contributed by atoms with Crippen LogP contribution in [-0.4, -0.2) is 48.5 Å². The highest BCUT2D eigenvalue weighted by Crippen LogP contribution is 2.32. The van der Waals surface area contributed by atoms with Crippen LogP contribution in [0, 0.1) is 0 Å². The van der Waals surface area contributed by atoms with Crippen molar-refractivity contribution in [1.29, 1.82) is 0 Å². The summed E-state index contributed by atoms with van der Waals surface area (Å²) in [5.41, 5.74) is 4.43. The number of nitrogens with zero attached hydrogens (tertiary/aromatic N) is 2. The second-order valence-electron chi connectivity index (χ2n) is 8.69. The van der Waals surface area contributed by atoms with Gasteiger partial charge in [0, 0.05) is 25.3 Å². The average molecular weight is 450 g/mol. The molecule has 0 saturated heterocycles. The number of carbonyl (C=O) groups is 2. The molecule has 0 aromatic heterocycles. The van der Waals surface area contributed by atoms with E-state index in [-0.39, 0.29) is 12.6 Å². The zero-order chi connectivity index (χ0) is 24.0. The fourth-order valence-corrected chi connectivity index (χ4v) is 4.19. The van der Waals surface area contributed by atoms with Crippen molar-refractivity contribution < 1.29 is 14.3 Å². The lowest BCUT2D eigenvalue weighted by Crippen LogP contribution is -2.50. The number of hydrogen-bond acceptors (Lipinski definition) is 4. The van der Waals surface area contributed by atoms with Gasteiger partial charge in [-0.1, -0.05) is 68.4 Å². The number of rotatable bonds is 9. The maximum atomic E-state index is 13.2. The lowest BCUT2D eigenvalue weighted by molar-refractivity contribution is -0.139. The lowest BCUT2D eigenvalue weighted by Gasteiger charge is -2.37. The van der Waals surface area contributed by atoms with Crippen LogP contribution in [0.4, 0.5) is 4.79 Å². The molecule has 1 N–H and O–H groups in total. The molecule has 1 aliphatic rings. The molecule has 2 amide bonds. The number of carbonyl (C=O) groups excluding carboxylic acids is 2. The molecular weight excluding hydrogens is 414 g/mol. The monoisotopic (exact) mass is 449 g/mol. The van der Waals surface area contributed by atoms with Crippen LogP contribution in [0.1, 0.15) is 56.3 Å². The molecule has 0 radical (unpaired) electrons. The standard InChI is InChI=1S/C27H35N3O3/c1-6-30-23(18-29(5)17-20-11-9-8-10-12-20)24(26(31)33-7-2)25(28-27(30)32)22-15-13-21(14-16-22)19(3)4/h8-16,19,25H,6-7,17-18H2,1-5H3,(H,28,32). The zero-order valence-corrected chi connectivity index (χ0v) is 20.3. The van der Waals surface area contributed by atoms with Crippen LogP contribution in [0.25, 0.3) is 0 Å². The van der Waals surface area contributed by atoms with Crippen LogP contribution in [0.15, 0.2) is 65.9 Å². The SMILES string of the molecule is CCOC(=O)C1=C(CN(C)Cc2ccccc2)N(CC)C(=O)NC1c1ccc(C(C)C)cc1. The normalized spacial score (nSPS) is 16.4. The summed E-state index contributed by atoms with van der Waals surface area (Å²) in [7, 11) is 2.00. The van der Waals surface area contributed by atoms with E-state index in [4.69, 9.17) is 4.74 Å². The fourth-order valence-electron chi connectivity index (χ4n) is 4.19. The lowest BCUT2D eigenvalue weighted by atomic mass is 9.92. The summed E-state index contributed by atoms with van der Waals surface area (Å²) >= 11 is 0. The minimum absolute atomic E-state index is 0.202. The average Bonchev–Trinajstić information content (AvgIpc) is 2.79. The number of nitrogens with one attached hydrogen (secondary N) is 1. The first kappa shape index (κ1) is 24.5. The summed E-state index contributed by atoms with van der Waals surface area (Å²) < 4.78 is 5.46. The Morgan fingerprint density at radius 2 is 1.73 bits per heavy atom. The second kappa shape index (κ2) is 11.1. The van der Waals surface area contributed by atoms with E-state index >= 15 is 0 Å². The Bertz CT molecular complexity index is 983. The molecule has 0 spiro atoms. The van der Waals surface area contributed by atoms with Crippen LogP contribution in [-0.2, 0) is 16.1 Å². The van der Waals surface area contributed by atoms with Crippen LogP contribution < -0.4 is 5.32 Å². The molecule has 1 heterocycles. The molecule has 176 valence electrons. The van der Waals surface area contributed by atoms with Gasteiger partial charge in [-0.3, -0.25) is 9.80 Å². The van der Waals surface area contributed by atoms with Crippen LogP contribution in [0.2, 0.25) is 0 Å². The number of esters is 1. The Balaban J connectivity index is 2.03. The largest absolute Gasteiger partial charge is 0.463 e. The third kappa shape index (κ3) is 5.82. The van der Waals surface area contributed by atoms with Gasteiger partial charge in [0.05, 0.1) is 18.2 Å². The molecule has 2 aromatic carbocycles. The summed E-state index contributed by atoms with van der Waals surface area (Å²) in [6, 6.07) is 17.5. The quantitative estimate of drug-likeness (QED) is 0.556. The number of ether oxygens (including phenoxy) is 1. The molecule has 6 heteroatoms. The van der Waals surface area contributed by atoms with Gasteiger partial charge in [-0.2, -0.15) is 0 Å². The van der Waals surface area contributed by atoms with Crippen molar-refractivity contribution in [3.63, 3.8) is 0 Å². The third-order valence-corrected chi connectivity index (χ3v) is 5.90. The first-order valence-electron chi connectivity index (χ1n) is 11.7. The molecule has 33 heavy (non-hydrogen) atoms. The zero-order valence-electron chi connectivity index (χ0n) is 20.3. The molecule has 0 bridgehead atoms. The Hall–Kier alpha value is -3.12. The van der Waals surface area contributed by atoms with Crippen LogP contribution in [0.3, 0.4) is 0 Å². The van der Waals surface area contributed by atoms with Crippen molar-refractivity contribution in [3.8, 4) is 0 Å². The van der Waals surface area contributed by atoms with E-state index in [1.165, 1.54) is 11.1 Å². The predicted octanol–water partition coefficient (Wildman–Crippen LogP) is 4.85. The van der Waals surface area contributed by atoms with E-state index in [1.54, 1.807) is 11.8 Å². The minimum atomic E-state index is -0.555. The van der Waals surface area contributed by atoms with Gasteiger partial charge < -0.3 is 10.1 Å². The van der Waals surface area contributed by atoms with Gasteiger partial charge >= 0.3 is 12.0 Å². The van der Waals surface area contributed by atoms with Gasteiger partial charge in [-0.05, 0) is 43.5 Å². The smallest absolute Gasteiger partial charge is 0.338 e. The molecule has 1 unspecified atom stereocenters. The van der Waals surface area contributed by atoms with E-state index in [0.717, 1.165) is 5.56 Å². The first-order chi connectivity index (χ1) is 15.8. The van der Waals surface area contributed by atoms with Gasteiger partial charge in [0.15, 0.2) is 0 Å². The molecule has 1 atom stereocenters. The predicted molar refractivity (Wildman–Crippen MR) is 131 cm³/mol.